The van der Waals surface area contributed by atoms with E-state index >= 15 is 0 Å². The van der Waals surface area contributed by atoms with E-state index in [0.29, 0.717) is 24.0 Å². The Kier molecular flexibility index (Phi) is 7.04. The molecule has 2 aromatic carbocycles. The molecule has 2 aromatic rings. The molecule has 29 heavy (non-hydrogen) atoms. The van der Waals surface area contributed by atoms with Gasteiger partial charge in [-0.2, -0.15) is 0 Å². The predicted molar refractivity (Wildman–Crippen MR) is 113 cm³/mol. The standard InChI is InChI=1S/C24H29NO4/c1-25-19(15-23(26)17-7-11-21(28-2)12-8-17)5-4-6-20(25)16-24(27)18-9-13-22(29-3)14-10-18/h7-14,19-20H,4-6,15-16H2,1-3H3/t19-,20+. The van der Waals surface area contributed by atoms with Gasteiger partial charge in [0.25, 0.3) is 0 Å². The first-order chi connectivity index (χ1) is 14.0. The van der Waals surface area contributed by atoms with Gasteiger partial charge in [0, 0.05) is 36.1 Å². The van der Waals surface area contributed by atoms with Crippen LogP contribution in [0, 0.1) is 0 Å². The van der Waals surface area contributed by atoms with Crippen LogP contribution in [0.5, 0.6) is 11.5 Å². The summed E-state index contributed by atoms with van der Waals surface area (Å²) in [6.45, 7) is 0. The van der Waals surface area contributed by atoms with Gasteiger partial charge in [-0.1, -0.05) is 6.42 Å². The summed E-state index contributed by atoms with van der Waals surface area (Å²) in [5, 5.41) is 0. The maximum absolute atomic E-state index is 12.7. The fraction of sp³-hybridized carbons (Fsp3) is 0.417. The first-order valence-corrected chi connectivity index (χ1v) is 10.1. The summed E-state index contributed by atoms with van der Waals surface area (Å²) in [6, 6.07) is 14.8. The molecule has 0 aliphatic carbocycles. The van der Waals surface area contributed by atoms with E-state index in [-0.39, 0.29) is 23.7 Å². The summed E-state index contributed by atoms with van der Waals surface area (Å²) in [6.07, 6.45) is 3.93. The molecule has 1 heterocycles. The van der Waals surface area contributed by atoms with Crippen molar-refractivity contribution in [2.24, 2.45) is 0 Å². The second-order valence-corrected chi connectivity index (χ2v) is 7.62. The maximum Gasteiger partial charge on any atom is 0.164 e. The molecule has 0 unspecified atom stereocenters. The van der Waals surface area contributed by atoms with Crippen LogP contribution in [0.4, 0.5) is 0 Å². The summed E-state index contributed by atoms with van der Waals surface area (Å²) >= 11 is 0. The van der Waals surface area contributed by atoms with E-state index in [0.717, 1.165) is 30.8 Å². The van der Waals surface area contributed by atoms with Crippen LogP contribution in [0.15, 0.2) is 48.5 Å². The normalized spacial score (nSPS) is 19.6. The minimum atomic E-state index is 0.131. The van der Waals surface area contributed by atoms with E-state index < -0.39 is 0 Å². The van der Waals surface area contributed by atoms with Crippen LogP contribution in [0.25, 0.3) is 0 Å². The molecule has 0 bridgehead atoms. The third-order valence-electron chi connectivity index (χ3n) is 5.89. The number of methoxy groups -OCH3 is 2. The van der Waals surface area contributed by atoms with E-state index in [4.69, 9.17) is 9.47 Å². The van der Waals surface area contributed by atoms with Crippen molar-refractivity contribution in [3.8, 4) is 11.5 Å². The lowest BCUT2D eigenvalue weighted by atomic mass is 9.88. The number of Topliss-reactive ketones (excluding diaryl/α,β-unsaturated/α-hetero) is 2. The number of carbonyl (C=O) groups excluding carboxylic acids is 2. The molecule has 0 aromatic heterocycles. The molecule has 0 spiro atoms. The van der Waals surface area contributed by atoms with Gasteiger partial charge in [-0.05, 0) is 68.4 Å². The van der Waals surface area contributed by atoms with E-state index in [1.807, 2.05) is 55.6 Å². The second-order valence-electron chi connectivity index (χ2n) is 7.62. The SMILES string of the molecule is COc1ccc(C(=O)C[C@H]2CCC[C@@H](CC(=O)c3ccc(OC)cc3)N2C)cc1. The van der Waals surface area contributed by atoms with Crippen molar-refractivity contribution in [1.29, 1.82) is 0 Å². The zero-order valence-electron chi connectivity index (χ0n) is 17.4. The van der Waals surface area contributed by atoms with Gasteiger partial charge in [-0.15, -0.1) is 0 Å². The molecular formula is C24H29NO4. The van der Waals surface area contributed by atoms with Crippen molar-refractivity contribution in [1.82, 2.24) is 4.90 Å². The highest BCUT2D eigenvalue weighted by atomic mass is 16.5. The van der Waals surface area contributed by atoms with Gasteiger partial charge in [0.1, 0.15) is 11.5 Å². The highest BCUT2D eigenvalue weighted by Crippen LogP contribution is 2.28. The molecule has 1 fully saturated rings. The summed E-state index contributed by atoms with van der Waals surface area (Å²) in [7, 11) is 5.26. The Balaban J connectivity index is 1.60. The highest BCUT2D eigenvalue weighted by Gasteiger charge is 2.30. The number of hydrogen-bond acceptors (Lipinski definition) is 5. The lowest BCUT2D eigenvalue weighted by Gasteiger charge is -2.39. The second kappa shape index (κ2) is 9.70. The van der Waals surface area contributed by atoms with Gasteiger partial charge >= 0.3 is 0 Å². The van der Waals surface area contributed by atoms with Crippen LogP contribution >= 0.6 is 0 Å². The van der Waals surface area contributed by atoms with Crippen LogP contribution in [0.3, 0.4) is 0 Å². The molecular weight excluding hydrogens is 366 g/mol. The number of benzene rings is 2. The zero-order valence-corrected chi connectivity index (χ0v) is 17.4. The Labute approximate surface area is 172 Å². The molecule has 0 N–H and O–H groups in total. The van der Waals surface area contributed by atoms with Crippen LogP contribution < -0.4 is 9.47 Å². The monoisotopic (exact) mass is 395 g/mol. The third kappa shape index (κ3) is 5.24. The van der Waals surface area contributed by atoms with Crippen LogP contribution in [-0.4, -0.2) is 49.8 Å². The van der Waals surface area contributed by atoms with E-state index in [1.165, 1.54) is 0 Å². The number of rotatable bonds is 8. The first-order valence-electron chi connectivity index (χ1n) is 10.1. The van der Waals surface area contributed by atoms with Gasteiger partial charge in [0.05, 0.1) is 14.2 Å². The first kappa shape index (κ1) is 21.1. The molecule has 154 valence electrons. The Morgan fingerprint density at radius 1 is 0.793 bits per heavy atom. The van der Waals surface area contributed by atoms with E-state index in [1.54, 1.807) is 14.2 Å². The molecule has 1 saturated heterocycles. The van der Waals surface area contributed by atoms with E-state index in [9.17, 15) is 9.59 Å². The predicted octanol–water partition coefficient (Wildman–Crippen LogP) is 4.40. The molecule has 5 heteroatoms. The van der Waals surface area contributed by atoms with Crippen molar-refractivity contribution in [3.05, 3.63) is 59.7 Å². The number of likely N-dealkylation sites (tertiary alicyclic amines) is 1. The Morgan fingerprint density at radius 2 is 1.17 bits per heavy atom. The lowest BCUT2D eigenvalue weighted by molar-refractivity contribution is 0.0723. The Morgan fingerprint density at radius 3 is 1.52 bits per heavy atom. The van der Waals surface area contributed by atoms with Gasteiger partial charge in [0.15, 0.2) is 11.6 Å². The topological polar surface area (TPSA) is 55.8 Å². The Bertz CT molecular complexity index is 759. The molecule has 0 amide bonds. The van der Waals surface area contributed by atoms with Gasteiger partial charge in [-0.25, -0.2) is 0 Å². The smallest absolute Gasteiger partial charge is 0.164 e. The zero-order chi connectivity index (χ0) is 20.8. The molecule has 0 saturated carbocycles. The van der Waals surface area contributed by atoms with Crippen molar-refractivity contribution >= 4 is 11.6 Å². The lowest BCUT2D eigenvalue weighted by Crippen LogP contribution is -2.45. The summed E-state index contributed by atoms with van der Waals surface area (Å²) in [4.78, 5) is 27.7. The molecule has 1 aliphatic rings. The van der Waals surface area contributed by atoms with Gasteiger partial charge in [0.2, 0.25) is 0 Å². The molecule has 3 rings (SSSR count). The fourth-order valence-electron chi connectivity index (χ4n) is 4.00. The number of carbonyl (C=O) groups is 2. The van der Waals surface area contributed by atoms with E-state index in [2.05, 4.69) is 4.90 Å². The summed E-state index contributed by atoms with van der Waals surface area (Å²) in [5.74, 6) is 1.75. The largest absolute Gasteiger partial charge is 0.497 e. The molecule has 5 nitrogen and oxygen atoms in total. The minimum Gasteiger partial charge on any atom is -0.497 e. The van der Waals surface area contributed by atoms with Crippen molar-refractivity contribution in [2.45, 2.75) is 44.2 Å². The number of hydrogen-bond donors (Lipinski definition) is 0. The van der Waals surface area contributed by atoms with Crippen LogP contribution in [0.1, 0.15) is 52.8 Å². The molecule has 2 atom stereocenters. The third-order valence-corrected chi connectivity index (χ3v) is 5.89. The number of ketones is 2. The fourth-order valence-corrected chi connectivity index (χ4v) is 4.00. The Hall–Kier alpha value is -2.66. The average molecular weight is 395 g/mol. The molecule has 1 aliphatic heterocycles. The minimum absolute atomic E-state index is 0.131. The van der Waals surface area contributed by atoms with Crippen LogP contribution in [0.2, 0.25) is 0 Å². The summed E-state index contributed by atoms with van der Waals surface area (Å²) in [5.41, 5.74) is 1.41. The highest BCUT2D eigenvalue weighted by molar-refractivity contribution is 5.97. The number of piperidine rings is 1. The van der Waals surface area contributed by atoms with Crippen LogP contribution in [-0.2, 0) is 0 Å². The number of ether oxygens (including phenoxy) is 2. The summed E-state index contributed by atoms with van der Waals surface area (Å²) < 4.78 is 10.3. The number of nitrogens with zero attached hydrogens (tertiary/aromatic N) is 1. The van der Waals surface area contributed by atoms with Gasteiger partial charge in [-0.3, -0.25) is 14.5 Å². The quantitative estimate of drug-likeness (QED) is 0.620. The van der Waals surface area contributed by atoms with Crippen molar-refractivity contribution < 1.29 is 19.1 Å². The molecule has 0 radical (unpaired) electrons. The van der Waals surface area contributed by atoms with Crippen molar-refractivity contribution in [2.75, 3.05) is 21.3 Å². The average Bonchev–Trinajstić information content (AvgIpc) is 2.76. The van der Waals surface area contributed by atoms with Gasteiger partial charge < -0.3 is 9.47 Å². The maximum atomic E-state index is 12.7. The van der Waals surface area contributed by atoms with Crippen molar-refractivity contribution in [3.63, 3.8) is 0 Å².